The normalized spacial score (nSPS) is 11.6. The summed E-state index contributed by atoms with van der Waals surface area (Å²) in [6.07, 6.45) is 108. The molecular weight excluding hydrogens is 1660 g/mol. The Morgan fingerprint density at radius 3 is 0.304 bits per heavy atom. The van der Waals surface area contributed by atoms with Gasteiger partial charge in [0, 0.05) is 26.4 Å². The molecule has 12 nitrogen and oxygen atoms in total. The maximum Gasteiger partial charge on any atom is 4.00 e. The van der Waals surface area contributed by atoms with Gasteiger partial charge in [0.2, 0.25) is 0 Å². The SMILES string of the molecule is CCCCCCCCC(CCCCCCCC)(CCCCCCCC)CCOC(=O)[O-].CCCCCCCCC(CCCCCCCC)(CCCCCCCC)CCOC(=O)[O-].CCCCCCCCC(CCCCCCCC)(CCCCCCCC)CCOC(=O)[O-].CCCCCCCCC(CCCCCCCC)(CCCCCCCC)CCOC(=O)[O-].[Sn+4]. The van der Waals surface area contributed by atoms with Gasteiger partial charge in [0.25, 0.3) is 24.6 Å². The fourth-order valence-electron chi connectivity index (χ4n) is 19.8. The zero-order valence-corrected chi connectivity index (χ0v) is 89.3. The van der Waals surface area contributed by atoms with Crippen molar-refractivity contribution in [2.75, 3.05) is 26.4 Å². The standard InChI is InChI=1S/4C28H56O3.Sn/c4*1-4-7-10-13-16-19-22-28(25-26-31-27(29)30,23-20-17-14-11-8-5-2)24-21-18-15-12-9-6-3;/h4*4-26H2,1-3H3,(H,29,30);/q;;;;+4/p-4. The number of unbranched alkanes of at least 4 members (excludes halogenated alkanes) is 60. The van der Waals surface area contributed by atoms with Crippen LogP contribution in [-0.2, 0) is 18.9 Å². The summed E-state index contributed by atoms with van der Waals surface area (Å²) >= 11 is 0. The Morgan fingerprint density at radius 1 is 0.144 bits per heavy atom. The fourth-order valence-corrected chi connectivity index (χ4v) is 19.8. The zero-order valence-electron chi connectivity index (χ0n) is 86.5. The van der Waals surface area contributed by atoms with Gasteiger partial charge in [-0.25, -0.2) is 0 Å². The van der Waals surface area contributed by atoms with Crippen LogP contribution >= 0.6 is 0 Å². The molecule has 0 fully saturated rings. The van der Waals surface area contributed by atoms with Crippen LogP contribution in [0.25, 0.3) is 0 Å². The van der Waals surface area contributed by atoms with Crippen LogP contribution in [0.15, 0.2) is 0 Å². The average molecular weight is 1880 g/mol. The van der Waals surface area contributed by atoms with Gasteiger partial charge in [-0.1, -0.05) is 545 Å². The molecule has 0 atom stereocenters. The molecule has 0 N–H and O–H groups in total. The maximum absolute atomic E-state index is 10.8. The van der Waals surface area contributed by atoms with Crippen molar-refractivity contribution in [1.29, 1.82) is 0 Å². The van der Waals surface area contributed by atoms with Crippen LogP contribution < -0.4 is 20.4 Å². The molecule has 0 amide bonds. The van der Waals surface area contributed by atoms with Crippen molar-refractivity contribution >= 4 is 48.5 Å². The average Bonchev–Trinajstić information content (AvgIpc) is 0.888. The first-order valence-corrected chi connectivity index (χ1v) is 55.7. The smallest absolute Gasteiger partial charge is 0.550 e. The second-order valence-corrected chi connectivity index (χ2v) is 39.6. The van der Waals surface area contributed by atoms with Gasteiger partial charge in [0.15, 0.2) is 0 Å². The summed E-state index contributed by atoms with van der Waals surface area (Å²) in [5.41, 5.74) is 1.04. The van der Waals surface area contributed by atoms with Gasteiger partial charge in [-0.2, -0.15) is 0 Å². The summed E-state index contributed by atoms with van der Waals surface area (Å²) in [5, 5.41) is 43.3. The fraction of sp³-hybridized carbons (Fsp3) is 0.964. The van der Waals surface area contributed by atoms with E-state index in [9.17, 15) is 39.6 Å². The van der Waals surface area contributed by atoms with Crippen molar-refractivity contribution in [3.8, 4) is 0 Å². The Kier molecular flexibility index (Phi) is 111. The molecular formula is C112H220O12Sn. The summed E-state index contributed by atoms with van der Waals surface area (Å²) < 4.78 is 19.5. The Labute approximate surface area is 798 Å². The molecule has 744 valence electrons. The van der Waals surface area contributed by atoms with Gasteiger partial charge in [-0.3, -0.25) is 0 Å². The molecule has 0 aliphatic heterocycles. The maximum atomic E-state index is 10.8. The number of hydrogen-bond donors (Lipinski definition) is 0. The second-order valence-electron chi connectivity index (χ2n) is 39.6. The first kappa shape index (κ1) is 131. The molecule has 0 heterocycles. The molecule has 0 aromatic heterocycles. The predicted molar refractivity (Wildman–Crippen MR) is 535 cm³/mol. The van der Waals surface area contributed by atoms with Gasteiger partial charge in [-0.15, -0.1) is 0 Å². The van der Waals surface area contributed by atoms with Crippen LogP contribution in [0.2, 0.25) is 0 Å². The van der Waals surface area contributed by atoms with Crippen LogP contribution in [0, 0.1) is 21.7 Å². The molecule has 13 heteroatoms. The van der Waals surface area contributed by atoms with E-state index in [0.717, 1.165) is 25.7 Å². The summed E-state index contributed by atoms with van der Waals surface area (Å²) in [6, 6.07) is 0. The predicted octanol–water partition coefficient (Wildman–Crippen LogP) is 35.5. The molecule has 0 saturated carbocycles. The zero-order chi connectivity index (χ0) is 92.2. The Balaban J connectivity index is -0.000000511. The minimum atomic E-state index is -1.37. The van der Waals surface area contributed by atoms with Crippen molar-refractivity contribution < 1.29 is 58.6 Å². The second kappa shape index (κ2) is 106. The number of carbonyl (C=O) groups excluding carboxylic acids is 4. The quantitative estimate of drug-likeness (QED) is 0.0242. The summed E-state index contributed by atoms with van der Waals surface area (Å²) in [7, 11) is 0. The molecule has 0 aliphatic carbocycles. The topological polar surface area (TPSA) is 197 Å². The minimum absolute atomic E-state index is 0. The van der Waals surface area contributed by atoms with E-state index in [0.29, 0.717) is 26.4 Å². The van der Waals surface area contributed by atoms with Crippen molar-refractivity contribution in [1.82, 2.24) is 0 Å². The molecule has 0 spiro atoms. The molecule has 0 rings (SSSR count). The number of hydrogen-bond acceptors (Lipinski definition) is 12. The van der Waals surface area contributed by atoms with Crippen LogP contribution in [0.4, 0.5) is 19.2 Å². The first-order chi connectivity index (χ1) is 60.4. The van der Waals surface area contributed by atoms with Gasteiger partial charge in [-0.05, 0) is 124 Å². The van der Waals surface area contributed by atoms with E-state index in [-0.39, 0.29) is 45.6 Å². The van der Waals surface area contributed by atoms with E-state index in [1.807, 2.05) is 0 Å². The van der Waals surface area contributed by atoms with Gasteiger partial charge >= 0.3 is 23.9 Å². The Morgan fingerprint density at radius 2 is 0.224 bits per heavy atom. The van der Waals surface area contributed by atoms with Crippen molar-refractivity contribution in [3.05, 3.63) is 0 Å². The molecule has 0 aromatic rings. The molecule has 0 radical (unpaired) electrons. The monoisotopic (exact) mass is 1880 g/mol. The first-order valence-electron chi connectivity index (χ1n) is 55.7. The van der Waals surface area contributed by atoms with E-state index >= 15 is 0 Å². The molecule has 0 aromatic carbocycles. The molecule has 125 heavy (non-hydrogen) atoms. The van der Waals surface area contributed by atoms with E-state index in [2.05, 4.69) is 83.1 Å². The molecule has 0 bridgehead atoms. The Bertz CT molecular complexity index is 1660. The van der Waals surface area contributed by atoms with Gasteiger partial charge in [0.05, 0.1) is 0 Å². The van der Waals surface area contributed by atoms with Gasteiger partial charge < -0.3 is 58.6 Å². The minimum Gasteiger partial charge on any atom is -0.550 e. The van der Waals surface area contributed by atoms with E-state index in [1.54, 1.807) is 0 Å². The van der Waals surface area contributed by atoms with Gasteiger partial charge in [0.1, 0.15) is 0 Å². The van der Waals surface area contributed by atoms with Crippen molar-refractivity contribution in [2.24, 2.45) is 21.7 Å². The largest absolute Gasteiger partial charge is 4.00 e. The third kappa shape index (κ3) is 97.7. The van der Waals surface area contributed by atoms with E-state index in [1.165, 1.54) is 539 Å². The number of ether oxygens (including phenoxy) is 4. The van der Waals surface area contributed by atoms with Crippen LogP contribution in [0.3, 0.4) is 0 Å². The Hall–Kier alpha value is -2.12. The van der Waals surface area contributed by atoms with E-state index < -0.39 is 24.6 Å². The molecule has 0 aliphatic rings. The van der Waals surface area contributed by atoms with Crippen LogP contribution in [-0.4, -0.2) is 75.0 Å². The molecule has 0 unspecified atom stereocenters. The van der Waals surface area contributed by atoms with Crippen LogP contribution in [0.1, 0.15) is 648 Å². The summed E-state index contributed by atoms with van der Waals surface area (Å²) in [6.45, 7) is 28.4. The van der Waals surface area contributed by atoms with Crippen molar-refractivity contribution in [3.63, 3.8) is 0 Å². The number of carbonyl (C=O) groups is 4. The number of rotatable bonds is 96. The van der Waals surface area contributed by atoms with E-state index in [4.69, 9.17) is 18.9 Å². The summed E-state index contributed by atoms with van der Waals surface area (Å²) in [5.74, 6) is 0. The van der Waals surface area contributed by atoms with Crippen molar-refractivity contribution in [2.45, 2.75) is 648 Å². The number of carboxylic acid groups (broad SMARTS) is 4. The third-order valence-electron chi connectivity index (χ3n) is 28.1. The molecule has 0 saturated heterocycles. The summed E-state index contributed by atoms with van der Waals surface area (Å²) in [4.78, 5) is 43.3. The van der Waals surface area contributed by atoms with Crippen LogP contribution in [0.5, 0.6) is 0 Å². The third-order valence-corrected chi connectivity index (χ3v) is 28.1.